The van der Waals surface area contributed by atoms with Crippen molar-refractivity contribution in [3.8, 4) is 22.4 Å². The third-order valence-electron chi connectivity index (χ3n) is 6.33. The number of H-pyrrole nitrogens is 1. The van der Waals surface area contributed by atoms with Crippen molar-refractivity contribution in [2.45, 2.75) is 26.7 Å². The molecule has 2 fully saturated rings. The first-order valence-corrected chi connectivity index (χ1v) is 10.0. The Labute approximate surface area is 165 Å². The van der Waals surface area contributed by atoms with Crippen molar-refractivity contribution in [1.29, 1.82) is 0 Å². The average Bonchev–Trinajstić information content (AvgIpc) is 3.09. The second-order valence-corrected chi connectivity index (χ2v) is 8.28. The molecule has 2 saturated heterocycles. The molecule has 5 nitrogen and oxygen atoms in total. The SMILES string of the molecule is Cc1cc(-c2c(-c3ccncc3)n[nH]c2C)ccc1N1CC2(CCOCC2)C1. The van der Waals surface area contributed by atoms with Crippen LogP contribution < -0.4 is 4.90 Å². The number of pyridine rings is 1. The number of benzene rings is 1. The molecule has 0 atom stereocenters. The first-order valence-electron chi connectivity index (χ1n) is 10.0. The second kappa shape index (κ2) is 6.74. The molecular formula is C23H26N4O. The molecule has 3 aromatic rings. The van der Waals surface area contributed by atoms with Gasteiger partial charge in [0.05, 0.1) is 0 Å². The van der Waals surface area contributed by atoms with E-state index in [0.29, 0.717) is 5.41 Å². The minimum absolute atomic E-state index is 0.485. The molecule has 1 spiro atoms. The maximum atomic E-state index is 5.55. The highest BCUT2D eigenvalue weighted by Crippen LogP contribution is 2.43. The number of aromatic nitrogens is 3. The Morgan fingerprint density at radius 3 is 2.46 bits per heavy atom. The first-order chi connectivity index (χ1) is 13.7. The van der Waals surface area contributed by atoms with Crippen LogP contribution in [0.5, 0.6) is 0 Å². The van der Waals surface area contributed by atoms with Gasteiger partial charge >= 0.3 is 0 Å². The summed E-state index contributed by atoms with van der Waals surface area (Å²) in [6, 6.07) is 10.8. The van der Waals surface area contributed by atoms with Crippen molar-refractivity contribution in [3.63, 3.8) is 0 Å². The van der Waals surface area contributed by atoms with Gasteiger partial charge in [0.1, 0.15) is 5.69 Å². The van der Waals surface area contributed by atoms with Gasteiger partial charge in [-0.3, -0.25) is 10.1 Å². The summed E-state index contributed by atoms with van der Waals surface area (Å²) in [5.74, 6) is 0. The summed E-state index contributed by atoms with van der Waals surface area (Å²) in [4.78, 5) is 6.65. The quantitative estimate of drug-likeness (QED) is 0.739. The Hall–Kier alpha value is -2.66. The molecule has 0 amide bonds. The molecule has 2 aromatic heterocycles. The predicted octanol–water partition coefficient (Wildman–Crippen LogP) is 4.37. The van der Waals surface area contributed by atoms with E-state index in [-0.39, 0.29) is 0 Å². The fraction of sp³-hybridized carbons (Fsp3) is 0.391. The topological polar surface area (TPSA) is 54.0 Å². The van der Waals surface area contributed by atoms with Crippen LogP contribution >= 0.6 is 0 Å². The molecule has 2 aliphatic rings. The van der Waals surface area contributed by atoms with Crippen LogP contribution in [0.3, 0.4) is 0 Å². The van der Waals surface area contributed by atoms with Gasteiger partial charge in [-0.05, 0) is 62.1 Å². The van der Waals surface area contributed by atoms with Crippen LogP contribution in [0.15, 0.2) is 42.7 Å². The van der Waals surface area contributed by atoms with E-state index in [4.69, 9.17) is 4.74 Å². The lowest BCUT2D eigenvalue weighted by Crippen LogP contribution is -2.58. The zero-order valence-electron chi connectivity index (χ0n) is 16.5. The van der Waals surface area contributed by atoms with Crippen molar-refractivity contribution < 1.29 is 4.74 Å². The van der Waals surface area contributed by atoms with Crippen LogP contribution in [0.2, 0.25) is 0 Å². The summed E-state index contributed by atoms with van der Waals surface area (Å²) in [5, 5.41) is 7.72. The number of aromatic amines is 1. The molecular weight excluding hydrogens is 348 g/mol. The summed E-state index contributed by atoms with van der Waals surface area (Å²) in [7, 11) is 0. The van der Waals surface area contributed by atoms with Crippen LogP contribution in [-0.2, 0) is 4.74 Å². The number of nitrogens with zero attached hydrogens (tertiary/aromatic N) is 3. The Kier molecular flexibility index (Phi) is 4.20. The highest BCUT2D eigenvalue weighted by atomic mass is 16.5. The van der Waals surface area contributed by atoms with E-state index in [0.717, 1.165) is 43.3 Å². The lowest BCUT2D eigenvalue weighted by Gasteiger charge is -2.53. The lowest BCUT2D eigenvalue weighted by molar-refractivity contribution is -0.000223. The largest absolute Gasteiger partial charge is 0.381 e. The van der Waals surface area contributed by atoms with Crippen LogP contribution in [-0.4, -0.2) is 41.5 Å². The van der Waals surface area contributed by atoms with Crippen molar-refractivity contribution in [2.75, 3.05) is 31.2 Å². The molecule has 0 bridgehead atoms. The van der Waals surface area contributed by atoms with Gasteiger partial charge in [-0.25, -0.2) is 0 Å². The minimum Gasteiger partial charge on any atom is -0.381 e. The summed E-state index contributed by atoms with van der Waals surface area (Å²) in [5.41, 5.74) is 8.69. The average molecular weight is 374 g/mol. The van der Waals surface area contributed by atoms with Crippen molar-refractivity contribution >= 4 is 5.69 Å². The molecule has 0 unspecified atom stereocenters. The number of hydrogen-bond donors (Lipinski definition) is 1. The Morgan fingerprint density at radius 2 is 1.75 bits per heavy atom. The van der Waals surface area contributed by atoms with Crippen molar-refractivity contribution in [1.82, 2.24) is 15.2 Å². The fourth-order valence-corrected chi connectivity index (χ4v) is 4.72. The first kappa shape index (κ1) is 17.4. The molecule has 0 radical (unpaired) electrons. The molecule has 4 heterocycles. The summed E-state index contributed by atoms with van der Waals surface area (Å²) >= 11 is 0. The maximum absolute atomic E-state index is 5.55. The zero-order valence-corrected chi connectivity index (χ0v) is 16.5. The Balaban J connectivity index is 1.43. The number of nitrogens with one attached hydrogen (secondary N) is 1. The zero-order chi connectivity index (χ0) is 19.1. The molecule has 0 aliphatic carbocycles. The highest BCUT2D eigenvalue weighted by Gasteiger charge is 2.44. The summed E-state index contributed by atoms with van der Waals surface area (Å²) in [6.07, 6.45) is 6.02. The van der Waals surface area contributed by atoms with Gasteiger partial charge in [-0.15, -0.1) is 0 Å². The summed E-state index contributed by atoms with van der Waals surface area (Å²) < 4.78 is 5.55. The van der Waals surface area contributed by atoms with E-state index in [1.165, 1.54) is 35.2 Å². The predicted molar refractivity (Wildman–Crippen MR) is 111 cm³/mol. The fourth-order valence-electron chi connectivity index (χ4n) is 4.72. The summed E-state index contributed by atoms with van der Waals surface area (Å²) in [6.45, 7) is 8.45. The molecule has 28 heavy (non-hydrogen) atoms. The number of hydrogen-bond acceptors (Lipinski definition) is 4. The van der Waals surface area contributed by atoms with E-state index < -0.39 is 0 Å². The van der Waals surface area contributed by atoms with Crippen molar-refractivity contribution in [3.05, 3.63) is 54.0 Å². The van der Waals surface area contributed by atoms with E-state index in [1.807, 2.05) is 24.5 Å². The Morgan fingerprint density at radius 1 is 1.00 bits per heavy atom. The van der Waals surface area contributed by atoms with Gasteiger partial charge < -0.3 is 9.64 Å². The molecule has 2 aliphatic heterocycles. The normalized spacial score (nSPS) is 18.3. The van der Waals surface area contributed by atoms with Crippen LogP contribution in [0, 0.1) is 19.3 Å². The van der Waals surface area contributed by atoms with E-state index in [2.05, 4.69) is 52.1 Å². The molecule has 1 N–H and O–H groups in total. The molecule has 1 aromatic carbocycles. The highest BCUT2D eigenvalue weighted by molar-refractivity contribution is 5.83. The number of ether oxygens (including phenoxy) is 1. The molecule has 0 saturated carbocycles. The third-order valence-corrected chi connectivity index (χ3v) is 6.33. The van der Waals surface area contributed by atoms with Gasteiger partial charge in [0.15, 0.2) is 0 Å². The third kappa shape index (κ3) is 2.90. The number of anilines is 1. The van der Waals surface area contributed by atoms with Crippen molar-refractivity contribution in [2.24, 2.45) is 5.41 Å². The van der Waals surface area contributed by atoms with Gasteiger partial charge in [0, 0.05) is 66.6 Å². The van der Waals surface area contributed by atoms with E-state index in [9.17, 15) is 0 Å². The maximum Gasteiger partial charge on any atom is 0.100 e. The monoisotopic (exact) mass is 374 g/mol. The van der Waals surface area contributed by atoms with Crippen LogP contribution in [0.1, 0.15) is 24.1 Å². The van der Waals surface area contributed by atoms with Gasteiger partial charge in [0.25, 0.3) is 0 Å². The standard InChI is InChI=1S/C23H26N4O/c1-16-13-19(21-17(2)25-26-22(21)18-5-9-24-10-6-18)3-4-20(16)27-14-23(15-27)7-11-28-12-8-23/h3-6,9-10,13H,7-8,11-12,14-15H2,1-2H3,(H,25,26). The molecule has 144 valence electrons. The van der Waals surface area contributed by atoms with Crippen LogP contribution in [0.4, 0.5) is 5.69 Å². The molecule has 5 heteroatoms. The van der Waals surface area contributed by atoms with Gasteiger partial charge in [-0.2, -0.15) is 5.10 Å². The Bertz CT molecular complexity index is 981. The molecule has 5 rings (SSSR count). The van der Waals surface area contributed by atoms with Crippen LogP contribution in [0.25, 0.3) is 22.4 Å². The van der Waals surface area contributed by atoms with E-state index >= 15 is 0 Å². The minimum atomic E-state index is 0.485. The van der Waals surface area contributed by atoms with Gasteiger partial charge in [0.2, 0.25) is 0 Å². The smallest absolute Gasteiger partial charge is 0.100 e. The van der Waals surface area contributed by atoms with Gasteiger partial charge in [-0.1, -0.05) is 6.07 Å². The number of rotatable bonds is 3. The second-order valence-electron chi connectivity index (χ2n) is 8.28. The van der Waals surface area contributed by atoms with E-state index in [1.54, 1.807) is 0 Å². The lowest BCUT2D eigenvalue weighted by atomic mass is 9.73. The number of aryl methyl sites for hydroxylation is 2.